The largest absolute Gasteiger partial charge is 0.335 e. The number of benzene rings is 1. The lowest BCUT2D eigenvalue weighted by Crippen LogP contribution is -2.44. The van der Waals surface area contributed by atoms with Crippen LogP contribution in [0.25, 0.3) is 0 Å². The Morgan fingerprint density at radius 3 is 2.72 bits per heavy atom. The molecule has 1 heterocycles. The summed E-state index contributed by atoms with van der Waals surface area (Å²) in [5, 5.41) is 9.67. The second kappa shape index (κ2) is 6.27. The number of piperidine rings is 1. The molecule has 3 N–H and O–H groups in total. The molecule has 98 valence electrons. The van der Waals surface area contributed by atoms with Gasteiger partial charge in [-0.3, -0.25) is 0 Å². The van der Waals surface area contributed by atoms with Crippen LogP contribution in [0.15, 0.2) is 18.2 Å². The van der Waals surface area contributed by atoms with Crippen molar-refractivity contribution in [2.24, 2.45) is 0 Å². The van der Waals surface area contributed by atoms with E-state index in [1.165, 1.54) is 0 Å². The van der Waals surface area contributed by atoms with E-state index in [1.54, 1.807) is 18.2 Å². The van der Waals surface area contributed by atoms with Crippen LogP contribution in [0, 0.1) is 0 Å². The number of amides is 2. The summed E-state index contributed by atoms with van der Waals surface area (Å²) in [4.78, 5) is 11.8. The fourth-order valence-corrected chi connectivity index (χ4v) is 2.26. The molecule has 0 bridgehead atoms. The van der Waals surface area contributed by atoms with Crippen LogP contribution >= 0.6 is 23.2 Å². The molecule has 1 fully saturated rings. The van der Waals surface area contributed by atoms with Crippen molar-refractivity contribution < 1.29 is 4.79 Å². The molecule has 1 aromatic rings. The van der Waals surface area contributed by atoms with Crippen LogP contribution in [0.5, 0.6) is 0 Å². The van der Waals surface area contributed by atoms with Crippen LogP contribution in [0.2, 0.25) is 10.0 Å². The third-order valence-electron chi connectivity index (χ3n) is 2.87. The number of anilines is 1. The Labute approximate surface area is 116 Å². The third kappa shape index (κ3) is 3.51. The molecule has 0 unspecified atom stereocenters. The lowest BCUT2D eigenvalue weighted by Gasteiger charge is -2.23. The summed E-state index contributed by atoms with van der Waals surface area (Å²) in [6.45, 7) is 1.87. The van der Waals surface area contributed by atoms with Gasteiger partial charge in [0.25, 0.3) is 0 Å². The van der Waals surface area contributed by atoms with Crippen molar-refractivity contribution in [3.05, 3.63) is 28.2 Å². The minimum Gasteiger partial charge on any atom is -0.335 e. The van der Waals surface area contributed by atoms with Crippen LogP contribution in [-0.2, 0) is 0 Å². The summed E-state index contributed by atoms with van der Waals surface area (Å²) in [5.74, 6) is 0. The van der Waals surface area contributed by atoms with Gasteiger partial charge in [0.1, 0.15) is 0 Å². The first-order chi connectivity index (χ1) is 8.66. The number of rotatable bonds is 2. The van der Waals surface area contributed by atoms with Crippen molar-refractivity contribution in [1.29, 1.82) is 0 Å². The molecule has 0 atom stereocenters. The van der Waals surface area contributed by atoms with E-state index in [-0.39, 0.29) is 12.1 Å². The van der Waals surface area contributed by atoms with Gasteiger partial charge in [0.15, 0.2) is 0 Å². The summed E-state index contributed by atoms with van der Waals surface area (Å²) >= 11 is 11.9. The number of carbonyl (C=O) groups is 1. The van der Waals surface area contributed by atoms with Crippen LogP contribution in [0.1, 0.15) is 12.8 Å². The van der Waals surface area contributed by atoms with Crippen LogP contribution < -0.4 is 16.0 Å². The highest BCUT2D eigenvalue weighted by Crippen LogP contribution is 2.29. The Kier molecular flexibility index (Phi) is 4.69. The Hall–Kier alpha value is -0.970. The zero-order valence-electron chi connectivity index (χ0n) is 9.80. The van der Waals surface area contributed by atoms with E-state index in [9.17, 15) is 4.79 Å². The second-order valence-electron chi connectivity index (χ2n) is 4.22. The normalized spacial score (nSPS) is 16.3. The van der Waals surface area contributed by atoms with Crippen molar-refractivity contribution in [2.45, 2.75) is 18.9 Å². The van der Waals surface area contributed by atoms with E-state index in [0.717, 1.165) is 25.9 Å². The number of carbonyl (C=O) groups excluding carboxylic acids is 1. The van der Waals surface area contributed by atoms with Gasteiger partial charge < -0.3 is 16.0 Å². The second-order valence-corrected chi connectivity index (χ2v) is 5.01. The highest BCUT2D eigenvalue weighted by Gasteiger charge is 2.16. The molecule has 0 radical (unpaired) electrons. The first-order valence-corrected chi connectivity index (χ1v) is 6.64. The SMILES string of the molecule is O=C(Nc1cccc(Cl)c1Cl)NC1CCNCC1. The molecule has 0 spiro atoms. The van der Waals surface area contributed by atoms with Crippen molar-refractivity contribution in [2.75, 3.05) is 18.4 Å². The average molecular weight is 288 g/mol. The fraction of sp³-hybridized carbons (Fsp3) is 0.417. The van der Waals surface area contributed by atoms with Gasteiger partial charge in [-0.05, 0) is 38.1 Å². The minimum absolute atomic E-state index is 0.212. The van der Waals surface area contributed by atoms with E-state index in [4.69, 9.17) is 23.2 Å². The van der Waals surface area contributed by atoms with Gasteiger partial charge >= 0.3 is 6.03 Å². The maximum Gasteiger partial charge on any atom is 0.319 e. The molecule has 1 aromatic carbocycles. The predicted octanol–water partition coefficient (Wildman–Crippen LogP) is 2.87. The molecule has 1 aliphatic rings. The van der Waals surface area contributed by atoms with E-state index in [2.05, 4.69) is 16.0 Å². The Morgan fingerprint density at radius 1 is 1.28 bits per heavy atom. The zero-order valence-corrected chi connectivity index (χ0v) is 11.3. The minimum atomic E-state index is -0.244. The van der Waals surface area contributed by atoms with Crippen LogP contribution in [0.4, 0.5) is 10.5 Å². The number of hydrogen-bond acceptors (Lipinski definition) is 2. The van der Waals surface area contributed by atoms with E-state index in [1.807, 2.05) is 0 Å². The summed E-state index contributed by atoms with van der Waals surface area (Å²) in [7, 11) is 0. The molecule has 2 amide bonds. The summed E-state index contributed by atoms with van der Waals surface area (Å²) in [6, 6.07) is 5.11. The predicted molar refractivity (Wildman–Crippen MR) is 74.5 cm³/mol. The van der Waals surface area contributed by atoms with Gasteiger partial charge in [0.05, 0.1) is 15.7 Å². The number of urea groups is 1. The first kappa shape index (κ1) is 13.5. The van der Waals surface area contributed by atoms with Gasteiger partial charge in [-0.2, -0.15) is 0 Å². The molecule has 0 aliphatic carbocycles. The van der Waals surface area contributed by atoms with Gasteiger partial charge in [-0.25, -0.2) is 4.79 Å². The summed E-state index contributed by atoms with van der Waals surface area (Å²) in [6.07, 6.45) is 1.88. The van der Waals surface area contributed by atoms with Gasteiger partial charge in [-0.15, -0.1) is 0 Å². The summed E-state index contributed by atoms with van der Waals surface area (Å²) < 4.78 is 0. The maximum atomic E-state index is 11.8. The van der Waals surface area contributed by atoms with E-state index >= 15 is 0 Å². The number of hydrogen-bond donors (Lipinski definition) is 3. The maximum absolute atomic E-state index is 11.8. The molecule has 0 saturated carbocycles. The van der Waals surface area contributed by atoms with Crippen molar-refractivity contribution in [1.82, 2.24) is 10.6 Å². The molecule has 1 saturated heterocycles. The topological polar surface area (TPSA) is 53.2 Å². The molecule has 2 rings (SSSR count). The molecular formula is C12H15Cl2N3O. The molecule has 1 aliphatic heterocycles. The lowest BCUT2D eigenvalue weighted by molar-refractivity contribution is 0.245. The summed E-state index contributed by atoms with van der Waals surface area (Å²) in [5.41, 5.74) is 0.524. The molecule has 0 aromatic heterocycles. The van der Waals surface area contributed by atoms with Gasteiger partial charge in [0, 0.05) is 6.04 Å². The van der Waals surface area contributed by atoms with Gasteiger partial charge in [0.2, 0.25) is 0 Å². The fourth-order valence-electron chi connectivity index (χ4n) is 1.91. The van der Waals surface area contributed by atoms with Gasteiger partial charge in [-0.1, -0.05) is 29.3 Å². The van der Waals surface area contributed by atoms with E-state index < -0.39 is 0 Å². The number of nitrogens with one attached hydrogen (secondary N) is 3. The molecule has 6 heteroatoms. The van der Waals surface area contributed by atoms with Crippen molar-refractivity contribution in [3.63, 3.8) is 0 Å². The standard InChI is InChI=1S/C12H15Cl2N3O/c13-9-2-1-3-10(11(9)14)17-12(18)16-8-4-6-15-7-5-8/h1-3,8,15H,4-7H2,(H2,16,17,18). The first-order valence-electron chi connectivity index (χ1n) is 5.89. The van der Waals surface area contributed by atoms with Crippen molar-refractivity contribution in [3.8, 4) is 0 Å². The van der Waals surface area contributed by atoms with Crippen LogP contribution in [0.3, 0.4) is 0 Å². The number of halogens is 2. The Bertz CT molecular complexity index is 433. The molecular weight excluding hydrogens is 273 g/mol. The zero-order chi connectivity index (χ0) is 13.0. The molecule has 18 heavy (non-hydrogen) atoms. The smallest absolute Gasteiger partial charge is 0.319 e. The third-order valence-corrected chi connectivity index (χ3v) is 3.69. The Morgan fingerprint density at radius 2 is 2.00 bits per heavy atom. The highest BCUT2D eigenvalue weighted by molar-refractivity contribution is 6.43. The Balaban J connectivity index is 1.92. The lowest BCUT2D eigenvalue weighted by atomic mass is 10.1. The average Bonchev–Trinajstić information content (AvgIpc) is 2.36. The van der Waals surface area contributed by atoms with Crippen molar-refractivity contribution >= 4 is 34.9 Å². The quantitative estimate of drug-likeness (QED) is 0.783. The van der Waals surface area contributed by atoms with E-state index in [0.29, 0.717) is 15.7 Å². The molecule has 4 nitrogen and oxygen atoms in total. The highest BCUT2D eigenvalue weighted by atomic mass is 35.5. The monoisotopic (exact) mass is 287 g/mol. The van der Waals surface area contributed by atoms with Crippen LogP contribution in [-0.4, -0.2) is 25.2 Å².